The van der Waals surface area contributed by atoms with Crippen molar-refractivity contribution in [1.82, 2.24) is 0 Å². The molecule has 0 N–H and O–H groups in total. The van der Waals surface area contributed by atoms with Gasteiger partial charge in [-0.3, -0.25) is 0 Å². The Morgan fingerprint density at radius 3 is 2.88 bits per heavy atom. The fourth-order valence-electron chi connectivity index (χ4n) is 3.21. The van der Waals surface area contributed by atoms with E-state index in [1.54, 1.807) is 18.4 Å². The summed E-state index contributed by atoms with van der Waals surface area (Å²) in [4.78, 5) is 0.922. The summed E-state index contributed by atoms with van der Waals surface area (Å²) in [6.45, 7) is 0. The van der Waals surface area contributed by atoms with Crippen molar-refractivity contribution in [1.29, 1.82) is 0 Å². The first-order valence-electron chi connectivity index (χ1n) is 8.28. The van der Waals surface area contributed by atoms with Crippen LogP contribution in [0.1, 0.15) is 10.6 Å². The molecule has 1 aliphatic heterocycles. The zero-order chi connectivity index (χ0) is 17.7. The molecule has 0 fully saturated rings. The first-order chi connectivity index (χ1) is 12.7. The molecule has 5 heteroatoms. The van der Waals surface area contributed by atoms with E-state index >= 15 is 0 Å². The lowest BCUT2D eigenvalue weighted by Crippen LogP contribution is -2.29. The SMILES string of the molecule is COc1ccc2c(c1)C=C/C(=C\c1sc3oc4ccccc4c3[n+]1C)O2. The second-order valence-electron chi connectivity index (χ2n) is 6.12. The molecular weight excluding hydrogens is 346 g/mol. The summed E-state index contributed by atoms with van der Waals surface area (Å²) < 4.78 is 19.4. The topological polar surface area (TPSA) is 35.5 Å². The summed E-state index contributed by atoms with van der Waals surface area (Å²) in [6, 6.07) is 13.9. The number of aryl methyl sites for hydroxylation is 1. The molecule has 0 radical (unpaired) electrons. The fourth-order valence-corrected chi connectivity index (χ4v) is 4.27. The molecule has 0 atom stereocenters. The number of thiazole rings is 1. The van der Waals surface area contributed by atoms with E-state index in [4.69, 9.17) is 13.9 Å². The summed E-state index contributed by atoms with van der Waals surface area (Å²) >= 11 is 1.62. The average molecular weight is 362 g/mol. The second kappa shape index (κ2) is 5.75. The Bertz CT molecular complexity index is 1210. The number of rotatable bonds is 2. The maximum absolute atomic E-state index is 6.03. The van der Waals surface area contributed by atoms with Gasteiger partial charge >= 0.3 is 0 Å². The Kier molecular flexibility index (Phi) is 3.36. The summed E-state index contributed by atoms with van der Waals surface area (Å²) in [5.41, 5.74) is 3.04. The highest BCUT2D eigenvalue weighted by molar-refractivity contribution is 7.18. The van der Waals surface area contributed by atoms with Crippen LogP contribution in [0, 0.1) is 0 Å². The third-order valence-corrected chi connectivity index (χ3v) is 5.60. The van der Waals surface area contributed by atoms with Gasteiger partial charge in [-0.25, -0.2) is 0 Å². The monoisotopic (exact) mass is 362 g/mol. The van der Waals surface area contributed by atoms with Crippen LogP contribution >= 0.6 is 11.3 Å². The minimum Gasteiger partial charge on any atom is -0.497 e. The van der Waals surface area contributed by atoms with Crippen molar-refractivity contribution < 1.29 is 18.5 Å². The van der Waals surface area contributed by atoms with Gasteiger partial charge in [0, 0.05) is 5.56 Å². The van der Waals surface area contributed by atoms with E-state index in [0.29, 0.717) is 0 Å². The molecule has 1 aliphatic rings. The highest BCUT2D eigenvalue weighted by Gasteiger charge is 2.23. The number of nitrogens with zero attached hydrogens (tertiary/aromatic N) is 1. The van der Waals surface area contributed by atoms with Crippen LogP contribution < -0.4 is 14.0 Å². The first-order valence-corrected chi connectivity index (χ1v) is 9.10. The number of benzene rings is 2. The van der Waals surface area contributed by atoms with Crippen LogP contribution in [0.2, 0.25) is 0 Å². The average Bonchev–Trinajstić information content (AvgIpc) is 3.18. The number of para-hydroxylation sites is 1. The maximum Gasteiger partial charge on any atom is 0.271 e. The smallest absolute Gasteiger partial charge is 0.271 e. The predicted molar refractivity (Wildman–Crippen MR) is 103 cm³/mol. The molecule has 0 amide bonds. The number of furan rings is 1. The van der Waals surface area contributed by atoms with E-state index in [2.05, 4.69) is 17.7 Å². The van der Waals surface area contributed by atoms with E-state index in [1.165, 1.54) is 0 Å². The lowest BCUT2D eigenvalue weighted by Gasteiger charge is -2.14. The molecule has 0 saturated heterocycles. The molecule has 0 bridgehead atoms. The number of ether oxygens (including phenoxy) is 2. The molecule has 0 aliphatic carbocycles. The van der Waals surface area contributed by atoms with Crippen molar-refractivity contribution >= 4 is 44.9 Å². The molecule has 0 saturated carbocycles. The van der Waals surface area contributed by atoms with Crippen molar-refractivity contribution in [3.8, 4) is 11.5 Å². The second-order valence-corrected chi connectivity index (χ2v) is 7.11. The number of aromatic nitrogens is 1. The largest absolute Gasteiger partial charge is 0.497 e. The van der Waals surface area contributed by atoms with Crippen molar-refractivity contribution in [3.63, 3.8) is 0 Å². The van der Waals surface area contributed by atoms with Gasteiger partial charge in [-0.05, 0) is 53.8 Å². The predicted octanol–water partition coefficient (Wildman–Crippen LogP) is 4.93. The lowest BCUT2D eigenvalue weighted by molar-refractivity contribution is -0.641. The van der Waals surface area contributed by atoms with Crippen LogP contribution in [0.3, 0.4) is 0 Å². The number of fused-ring (bicyclic) bond motifs is 4. The van der Waals surface area contributed by atoms with Gasteiger partial charge in [-0.2, -0.15) is 4.57 Å². The van der Waals surface area contributed by atoms with Gasteiger partial charge in [0.25, 0.3) is 15.4 Å². The summed E-state index contributed by atoms with van der Waals surface area (Å²) in [5.74, 6) is 2.45. The number of hydrogen-bond donors (Lipinski definition) is 0. The molecule has 128 valence electrons. The van der Waals surface area contributed by atoms with E-state index in [0.717, 1.165) is 49.2 Å². The van der Waals surface area contributed by atoms with Gasteiger partial charge in [0.15, 0.2) is 0 Å². The van der Waals surface area contributed by atoms with Gasteiger partial charge in [0.2, 0.25) is 0 Å². The molecule has 4 nitrogen and oxygen atoms in total. The zero-order valence-electron chi connectivity index (χ0n) is 14.4. The van der Waals surface area contributed by atoms with Gasteiger partial charge in [0.05, 0.1) is 18.6 Å². The molecule has 2 aromatic heterocycles. The van der Waals surface area contributed by atoms with E-state index < -0.39 is 0 Å². The van der Waals surface area contributed by atoms with Crippen molar-refractivity contribution in [2.24, 2.45) is 7.05 Å². The Hall–Kier alpha value is -3.05. The van der Waals surface area contributed by atoms with E-state index in [-0.39, 0.29) is 0 Å². The minimum atomic E-state index is 0.798. The Balaban J connectivity index is 1.56. The van der Waals surface area contributed by atoms with E-state index in [1.807, 2.05) is 54.6 Å². The number of hydrogen-bond acceptors (Lipinski definition) is 4. The number of allylic oxidation sites excluding steroid dienone is 1. The molecule has 4 aromatic rings. The van der Waals surface area contributed by atoms with Crippen LogP contribution in [0.4, 0.5) is 0 Å². The first kappa shape index (κ1) is 15.2. The normalized spacial score (nSPS) is 14.8. The van der Waals surface area contributed by atoms with Crippen LogP contribution in [-0.2, 0) is 7.05 Å². The quantitative estimate of drug-likeness (QED) is 0.475. The Morgan fingerprint density at radius 1 is 1.12 bits per heavy atom. The molecule has 3 heterocycles. The number of methoxy groups -OCH3 is 1. The molecule has 2 aromatic carbocycles. The van der Waals surface area contributed by atoms with Gasteiger partial charge < -0.3 is 13.9 Å². The van der Waals surface area contributed by atoms with Gasteiger partial charge in [0.1, 0.15) is 29.9 Å². The highest BCUT2D eigenvalue weighted by atomic mass is 32.1. The van der Waals surface area contributed by atoms with Gasteiger partial charge in [-0.15, -0.1) is 0 Å². The Morgan fingerprint density at radius 2 is 2.00 bits per heavy atom. The third kappa shape index (κ3) is 2.32. The molecule has 5 rings (SSSR count). The fraction of sp³-hybridized carbons (Fsp3) is 0.0952. The van der Waals surface area contributed by atoms with Crippen LogP contribution in [0.5, 0.6) is 11.5 Å². The van der Waals surface area contributed by atoms with Crippen molar-refractivity contribution in [3.05, 3.63) is 64.9 Å². The van der Waals surface area contributed by atoms with Crippen LogP contribution in [0.15, 0.2) is 58.7 Å². The molecule has 0 unspecified atom stereocenters. The Labute approximate surface area is 154 Å². The van der Waals surface area contributed by atoms with Crippen molar-refractivity contribution in [2.45, 2.75) is 0 Å². The maximum atomic E-state index is 6.03. The molecular formula is C21H16NO3S+. The molecule has 26 heavy (non-hydrogen) atoms. The minimum absolute atomic E-state index is 0.798. The summed E-state index contributed by atoms with van der Waals surface area (Å²) in [6.07, 6.45) is 6.06. The van der Waals surface area contributed by atoms with E-state index in [9.17, 15) is 0 Å². The molecule has 0 spiro atoms. The third-order valence-electron chi connectivity index (χ3n) is 4.54. The van der Waals surface area contributed by atoms with Gasteiger partial charge in [-0.1, -0.05) is 12.1 Å². The van der Waals surface area contributed by atoms with Crippen molar-refractivity contribution in [2.75, 3.05) is 7.11 Å². The lowest BCUT2D eigenvalue weighted by atomic mass is 10.1. The van der Waals surface area contributed by atoms with Crippen LogP contribution in [0.25, 0.3) is 33.5 Å². The standard InChI is InChI=1S/C21H16NO3S/c1-22-19(26-21-20(22)16-5-3-4-6-18(16)25-21)12-15-8-7-13-11-14(23-2)9-10-17(13)24-15/h3-12H,1-2H3/q+1/b15-12+. The summed E-state index contributed by atoms with van der Waals surface area (Å²) in [7, 11) is 3.72. The van der Waals surface area contributed by atoms with Crippen LogP contribution in [-0.4, -0.2) is 7.11 Å². The zero-order valence-corrected chi connectivity index (χ0v) is 15.2. The highest BCUT2D eigenvalue weighted by Crippen LogP contribution is 2.34. The summed E-state index contributed by atoms with van der Waals surface area (Å²) in [5, 5.41) is 2.20.